The molecule has 0 aliphatic rings. The minimum atomic E-state index is 0.492. The standard InChI is InChI=1S/C15H8Br2ClNO/c16-11-3-1-10-6-13(4-2-9(10)5-11)20-15-14(17)7-12(18)8-19-15/h1-8H. The fourth-order valence-corrected chi connectivity index (χ4v) is 2.95. The number of hydrogen-bond donors (Lipinski definition) is 0. The van der Waals surface area contributed by atoms with Gasteiger partial charge in [-0.1, -0.05) is 39.7 Å². The third kappa shape index (κ3) is 2.97. The highest BCUT2D eigenvalue weighted by atomic mass is 79.9. The lowest BCUT2D eigenvalue weighted by atomic mass is 10.1. The summed E-state index contributed by atoms with van der Waals surface area (Å²) in [6.07, 6.45) is 1.56. The van der Waals surface area contributed by atoms with Gasteiger partial charge in [0.1, 0.15) is 5.75 Å². The van der Waals surface area contributed by atoms with E-state index in [1.807, 2.05) is 30.3 Å². The Morgan fingerprint density at radius 2 is 1.70 bits per heavy atom. The molecule has 0 aliphatic carbocycles. The van der Waals surface area contributed by atoms with Gasteiger partial charge >= 0.3 is 0 Å². The largest absolute Gasteiger partial charge is 0.438 e. The Balaban J connectivity index is 1.96. The van der Waals surface area contributed by atoms with Crippen molar-refractivity contribution in [2.45, 2.75) is 0 Å². The molecule has 1 aromatic heterocycles. The highest BCUT2D eigenvalue weighted by molar-refractivity contribution is 9.10. The molecule has 0 aliphatic heterocycles. The maximum atomic E-state index is 5.86. The number of halogens is 3. The number of ether oxygens (including phenoxy) is 1. The fourth-order valence-electron chi connectivity index (χ4n) is 1.85. The van der Waals surface area contributed by atoms with Crippen LogP contribution in [0.4, 0.5) is 0 Å². The van der Waals surface area contributed by atoms with Crippen molar-refractivity contribution >= 4 is 54.2 Å². The Hall–Kier alpha value is -1.10. The van der Waals surface area contributed by atoms with E-state index >= 15 is 0 Å². The predicted molar refractivity (Wildman–Crippen MR) is 88.7 cm³/mol. The highest BCUT2D eigenvalue weighted by Crippen LogP contribution is 2.31. The van der Waals surface area contributed by atoms with Crippen molar-refractivity contribution in [2.24, 2.45) is 0 Å². The molecule has 20 heavy (non-hydrogen) atoms. The van der Waals surface area contributed by atoms with Crippen LogP contribution in [0, 0.1) is 0 Å². The smallest absolute Gasteiger partial charge is 0.233 e. The third-order valence-electron chi connectivity index (χ3n) is 2.76. The van der Waals surface area contributed by atoms with E-state index in [0.29, 0.717) is 10.9 Å². The molecule has 0 unspecified atom stereocenters. The lowest BCUT2D eigenvalue weighted by molar-refractivity contribution is 0.460. The lowest BCUT2D eigenvalue weighted by Crippen LogP contribution is -1.89. The summed E-state index contributed by atoms with van der Waals surface area (Å²) >= 11 is 12.7. The second-order valence-electron chi connectivity index (χ2n) is 4.20. The summed E-state index contributed by atoms with van der Waals surface area (Å²) < 4.78 is 7.55. The van der Waals surface area contributed by atoms with E-state index in [1.54, 1.807) is 12.3 Å². The monoisotopic (exact) mass is 411 g/mol. The first kappa shape index (κ1) is 13.9. The zero-order valence-corrected chi connectivity index (χ0v) is 14.0. The number of rotatable bonds is 2. The van der Waals surface area contributed by atoms with Crippen LogP contribution < -0.4 is 4.74 Å². The summed E-state index contributed by atoms with van der Waals surface area (Å²) in [7, 11) is 0. The van der Waals surface area contributed by atoms with Crippen LogP contribution in [0.15, 0.2) is 57.6 Å². The molecule has 0 atom stereocenters. The molecule has 5 heteroatoms. The van der Waals surface area contributed by atoms with E-state index in [4.69, 9.17) is 16.3 Å². The first-order valence-corrected chi connectivity index (χ1v) is 7.76. The Morgan fingerprint density at radius 1 is 0.950 bits per heavy atom. The van der Waals surface area contributed by atoms with E-state index < -0.39 is 0 Å². The maximum Gasteiger partial charge on any atom is 0.233 e. The van der Waals surface area contributed by atoms with Gasteiger partial charge in [0.2, 0.25) is 5.88 Å². The number of benzene rings is 2. The average Bonchev–Trinajstić information content (AvgIpc) is 2.42. The number of hydrogen-bond acceptors (Lipinski definition) is 2. The van der Waals surface area contributed by atoms with Gasteiger partial charge in [0, 0.05) is 10.7 Å². The van der Waals surface area contributed by atoms with Gasteiger partial charge in [-0.3, -0.25) is 0 Å². The van der Waals surface area contributed by atoms with Crippen molar-refractivity contribution < 1.29 is 4.74 Å². The molecule has 2 aromatic carbocycles. The van der Waals surface area contributed by atoms with Crippen LogP contribution in [0.5, 0.6) is 11.6 Å². The third-order valence-corrected chi connectivity index (χ3v) is 4.03. The minimum absolute atomic E-state index is 0.492. The number of fused-ring (bicyclic) bond motifs is 1. The summed E-state index contributed by atoms with van der Waals surface area (Å²) in [6.45, 7) is 0. The van der Waals surface area contributed by atoms with E-state index in [2.05, 4.69) is 42.9 Å². The first-order chi connectivity index (χ1) is 9.61. The Labute approximate surface area is 138 Å². The summed E-state index contributed by atoms with van der Waals surface area (Å²) in [5.74, 6) is 1.22. The van der Waals surface area contributed by atoms with Crippen LogP contribution in [-0.4, -0.2) is 4.98 Å². The molecular weight excluding hydrogens is 405 g/mol. The van der Waals surface area contributed by atoms with Gasteiger partial charge in [-0.15, -0.1) is 0 Å². The molecule has 0 N–H and O–H groups in total. The molecule has 0 bridgehead atoms. The molecule has 3 aromatic rings. The quantitative estimate of drug-likeness (QED) is 0.499. The molecule has 0 saturated carbocycles. The van der Waals surface area contributed by atoms with Crippen LogP contribution in [0.2, 0.25) is 5.02 Å². The van der Waals surface area contributed by atoms with Crippen LogP contribution >= 0.6 is 43.5 Å². The van der Waals surface area contributed by atoms with Crippen molar-refractivity contribution in [3.05, 3.63) is 62.6 Å². The minimum Gasteiger partial charge on any atom is -0.438 e. The van der Waals surface area contributed by atoms with Crippen LogP contribution in [0.3, 0.4) is 0 Å². The van der Waals surface area contributed by atoms with Crippen molar-refractivity contribution in [3.63, 3.8) is 0 Å². The van der Waals surface area contributed by atoms with Crippen molar-refractivity contribution in [2.75, 3.05) is 0 Å². The summed E-state index contributed by atoms with van der Waals surface area (Å²) in [4.78, 5) is 4.16. The van der Waals surface area contributed by atoms with Crippen molar-refractivity contribution in [3.8, 4) is 11.6 Å². The highest BCUT2D eigenvalue weighted by Gasteiger charge is 2.06. The van der Waals surface area contributed by atoms with Crippen LogP contribution in [0.1, 0.15) is 0 Å². The van der Waals surface area contributed by atoms with E-state index in [9.17, 15) is 0 Å². The molecule has 1 heterocycles. The zero-order valence-electron chi connectivity index (χ0n) is 10.1. The summed E-state index contributed by atoms with van der Waals surface area (Å²) in [5.41, 5.74) is 0. The van der Waals surface area contributed by atoms with Crippen molar-refractivity contribution in [1.29, 1.82) is 0 Å². The van der Waals surface area contributed by atoms with E-state index in [1.165, 1.54) is 0 Å². The van der Waals surface area contributed by atoms with Gasteiger partial charge in [0.15, 0.2) is 0 Å². The second-order valence-corrected chi connectivity index (χ2v) is 6.40. The maximum absolute atomic E-state index is 5.86. The Bertz CT molecular complexity index is 792. The summed E-state index contributed by atoms with van der Waals surface area (Å²) in [6, 6.07) is 13.8. The lowest BCUT2D eigenvalue weighted by Gasteiger charge is -2.08. The topological polar surface area (TPSA) is 22.1 Å². The van der Waals surface area contributed by atoms with Crippen LogP contribution in [0.25, 0.3) is 10.8 Å². The van der Waals surface area contributed by atoms with Crippen molar-refractivity contribution in [1.82, 2.24) is 4.98 Å². The number of aromatic nitrogens is 1. The fraction of sp³-hybridized carbons (Fsp3) is 0. The van der Waals surface area contributed by atoms with Gasteiger partial charge in [0.25, 0.3) is 0 Å². The molecule has 0 saturated heterocycles. The first-order valence-electron chi connectivity index (χ1n) is 5.80. The molecule has 0 spiro atoms. The summed E-state index contributed by atoms with van der Waals surface area (Å²) in [5, 5.41) is 2.82. The predicted octanol–water partition coefficient (Wildman–Crippen LogP) is 6.21. The SMILES string of the molecule is Clc1cnc(Oc2ccc3cc(Br)ccc3c2)c(Br)c1. The molecular formula is C15H8Br2ClNO. The zero-order chi connectivity index (χ0) is 14.1. The van der Waals surface area contributed by atoms with Crippen LogP contribution in [-0.2, 0) is 0 Å². The van der Waals surface area contributed by atoms with E-state index in [0.717, 1.165) is 25.5 Å². The number of nitrogens with zero attached hydrogens (tertiary/aromatic N) is 1. The van der Waals surface area contributed by atoms with Gasteiger partial charge in [0.05, 0.1) is 9.50 Å². The van der Waals surface area contributed by atoms with Gasteiger partial charge in [-0.25, -0.2) is 4.98 Å². The van der Waals surface area contributed by atoms with Gasteiger partial charge in [-0.05, 0) is 57.0 Å². The molecule has 0 amide bonds. The average molecular weight is 413 g/mol. The Morgan fingerprint density at radius 3 is 2.50 bits per heavy atom. The molecule has 0 fully saturated rings. The van der Waals surface area contributed by atoms with E-state index in [-0.39, 0.29) is 0 Å². The second kappa shape index (κ2) is 5.72. The molecule has 3 rings (SSSR count). The molecule has 100 valence electrons. The van der Waals surface area contributed by atoms with Gasteiger partial charge in [-0.2, -0.15) is 0 Å². The normalized spacial score (nSPS) is 10.8. The van der Waals surface area contributed by atoms with Gasteiger partial charge < -0.3 is 4.74 Å². The molecule has 0 radical (unpaired) electrons. The Kier molecular flexibility index (Phi) is 3.96. The molecule has 2 nitrogen and oxygen atoms in total. The number of pyridine rings is 1.